The summed E-state index contributed by atoms with van der Waals surface area (Å²) in [6, 6.07) is 64.2. The molecule has 0 saturated heterocycles. The number of nitrogens with zero attached hydrogens (tertiary/aromatic N) is 4. The maximum absolute atomic E-state index is 5.30. The predicted octanol–water partition coefficient (Wildman–Crippen LogP) is 11.7. The predicted molar refractivity (Wildman–Crippen MR) is 207 cm³/mol. The molecule has 10 rings (SSSR count). The van der Waals surface area contributed by atoms with Crippen molar-refractivity contribution in [3.05, 3.63) is 182 Å². The number of aromatic nitrogens is 4. The molecule has 0 atom stereocenters. The molecule has 3 heterocycles. The minimum atomic E-state index is 0.705. The van der Waals surface area contributed by atoms with E-state index in [0.29, 0.717) is 5.82 Å². The van der Waals surface area contributed by atoms with E-state index in [1.165, 1.54) is 21.8 Å². The fourth-order valence-corrected chi connectivity index (χ4v) is 7.47. The lowest BCUT2D eigenvalue weighted by Gasteiger charge is -2.11. The highest BCUT2D eigenvalue weighted by atomic mass is 15.1. The molecule has 0 fully saturated rings. The Morgan fingerprint density at radius 2 is 0.880 bits per heavy atom. The average Bonchev–Trinajstić information content (AvgIpc) is 3.71. The second-order valence-electron chi connectivity index (χ2n) is 12.6. The minimum Gasteiger partial charge on any atom is -0.309 e. The van der Waals surface area contributed by atoms with Gasteiger partial charge in [-0.1, -0.05) is 133 Å². The van der Waals surface area contributed by atoms with E-state index < -0.39 is 0 Å². The van der Waals surface area contributed by atoms with Crippen LogP contribution in [0.5, 0.6) is 0 Å². The van der Waals surface area contributed by atoms with E-state index in [0.717, 1.165) is 61.3 Å². The van der Waals surface area contributed by atoms with E-state index in [1.54, 1.807) is 0 Å². The highest BCUT2D eigenvalue weighted by Crippen LogP contribution is 2.40. The summed E-state index contributed by atoms with van der Waals surface area (Å²) in [6.07, 6.45) is 0. The molecule has 0 unspecified atom stereocenters. The van der Waals surface area contributed by atoms with Gasteiger partial charge >= 0.3 is 0 Å². The molecule has 4 nitrogen and oxygen atoms in total. The molecule has 0 N–H and O–H groups in total. The first kappa shape index (κ1) is 28.3. The van der Waals surface area contributed by atoms with Crippen molar-refractivity contribution in [1.82, 2.24) is 19.1 Å². The molecule has 0 amide bonds. The van der Waals surface area contributed by atoms with Gasteiger partial charge in [-0.25, -0.2) is 9.97 Å². The topological polar surface area (TPSA) is 35.6 Å². The maximum atomic E-state index is 5.30. The van der Waals surface area contributed by atoms with Crippen molar-refractivity contribution in [3.63, 3.8) is 0 Å². The van der Waals surface area contributed by atoms with Crippen molar-refractivity contribution < 1.29 is 0 Å². The summed E-state index contributed by atoms with van der Waals surface area (Å²) >= 11 is 0. The molecule has 7 aromatic carbocycles. The lowest BCUT2D eigenvalue weighted by molar-refractivity contribution is 1.11. The van der Waals surface area contributed by atoms with Gasteiger partial charge in [-0.2, -0.15) is 0 Å². The number of para-hydroxylation sites is 3. The van der Waals surface area contributed by atoms with Crippen LogP contribution in [0.25, 0.3) is 88.9 Å². The van der Waals surface area contributed by atoms with Crippen LogP contribution in [0, 0.1) is 0 Å². The summed E-state index contributed by atoms with van der Waals surface area (Å²) < 4.78 is 4.66. The van der Waals surface area contributed by atoms with E-state index in [1.807, 2.05) is 18.2 Å². The van der Waals surface area contributed by atoms with Gasteiger partial charge in [0, 0.05) is 38.7 Å². The fraction of sp³-hybridized carbons (Fsp3) is 0. The highest BCUT2D eigenvalue weighted by Gasteiger charge is 2.21. The molecule has 234 valence electrons. The third kappa shape index (κ3) is 4.46. The Bertz CT molecular complexity index is 2800. The molecule has 0 radical (unpaired) electrons. The third-order valence-electron chi connectivity index (χ3n) is 9.72. The fourth-order valence-electron chi connectivity index (χ4n) is 7.47. The molecule has 0 aliphatic carbocycles. The molecule has 4 heteroatoms. The average molecular weight is 639 g/mol. The van der Waals surface area contributed by atoms with Gasteiger partial charge in [0.05, 0.1) is 27.6 Å². The Morgan fingerprint density at radius 3 is 1.58 bits per heavy atom. The van der Waals surface area contributed by atoms with E-state index in [4.69, 9.17) is 9.97 Å². The first-order valence-corrected chi connectivity index (χ1v) is 16.9. The van der Waals surface area contributed by atoms with Crippen LogP contribution in [0.3, 0.4) is 0 Å². The summed E-state index contributed by atoms with van der Waals surface area (Å²) in [4.78, 5) is 10.6. The van der Waals surface area contributed by atoms with Gasteiger partial charge in [-0.15, -0.1) is 0 Å². The van der Waals surface area contributed by atoms with E-state index in [9.17, 15) is 0 Å². The Morgan fingerprint density at radius 1 is 0.340 bits per heavy atom. The summed E-state index contributed by atoms with van der Waals surface area (Å²) in [5.41, 5.74) is 11.8. The SMILES string of the molecule is c1ccc(-c2nc(-c3ccccc3)c3c4cc(-c5cccc(-n6c7ccccc7c7ccccc76)c5)ccc4n(-c4ccccc4)c3n2)cc1. The van der Waals surface area contributed by atoms with Crippen LogP contribution < -0.4 is 0 Å². The summed E-state index contributed by atoms with van der Waals surface area (Å²) in [7, 11) is 0. The second kappa shape index (κ2) is 11.4. The number of hydrogen-bond donors (Lipinski definition) is 0. The molecule has 50 heavy (non-hydrogen) atoms. The molecule has 0 saturated carbocycles. The number of fused-ring (bicyclic) bond motifs is 6. The van der Waals surface area contributed by atoms with Gasteiger partial charge in [0.1, 0.15) is 5.65 Å². The monoisotopic (exact) mass is 638 g/mol. The van der Waals surface area contributed by atoms with E-state index in [2.05, 4.69) is 173 Å². The highest BCUT2D eigenvalue weighted by molar-refractivity contribution is 6.15. The molecule has 0 spiro atoms. The molecule has 0 bridgehead atoms. The smallest absolute Gasteiger partial charge is 0.162 e. The molecule has 0 aliphatic rings. The Kier molecular flexibility index (Phi) is 6.46. The van der Waals surface area contributed by atoms with Crippen LogP contribution in [0.15, 0.2) is 182 Å². The van der Waals surface area contributed by atoms with Crippen molar-refractivity contribution >= 4 is 43.7 Å². The van der Waals surface area contributed by atoms with Crippen molar-refractivity contribution in [2.45, 2.75) is 0 Å². The van der Waals surface area contributed by atoms with E-state index in [-0.39, 0.29) is 0 Å². The van der Waals surface area contributed by atoms with Crippen molar-refractivity contribution in [2.24, 2.45) is 0 Å². The summed E-state index contributed by atoms with van der Waals surface area (Å²) in [6.45, 7) is 0. The van der Waals surface area contributed by atoms with Crippen LogP contribution in [-0.2, 0) is 0 Å². The summed E-state index contributed by atoms with van der Waals surface area (Å²) in [5, 5.41) is 4.66. The zero-order valence-electron chi connectivity index (χ0n) is 27.1. The Balaban J connectivity index is 1.24. The minimum absolute atomic E-state index is 0.705. The Labute approximate surface area is 289 Å². The van der Waals surface area contributed by atoms with Crippen LogP contribution in [0.1, 0.15) is 0 Å². The second-order valence-corrected chi connectivity index (χ2v) is 12.6. The normalized spacial score (nSPS) is 11.6. The molecule has 3 aromatic heterocycles. The van der Waals surface area contributed by atoms with Crippen LogP contribution in [0.4, 0.5) is 0 Å². The van der Waals surface area contributed by atoms with E-state index >= 15 is 0 Å². The van der Waals surface area contributed by atoms with Crippen LogP contribution in [0.2, 0.25) is 0 Å². The van der Waals surface area contributed by atoms with Crippen molar-refractivity contribution in [2.75, 3.05) is 0 Å². The molecular formula is C46H30N4. The number of rotatable bonds is 5. The van der Waals surface area contributed by atoms with Gasteiger partial charge in [0.25, 0.3) is 0 Å². The van der Waals surface area contributed by atoms with Crippen molar-refractivity contribution in [3.8, 4) is 45.1 Å². The first-order chi connectivity index (χ1) is 24.8. The first-order valence-electron chi connectivity index (χ1n) is 16.9. The van der Waals surface area contributed by atoms with Crippen LogP contribution >= 0.6 is 0 Å². The quantitative estimate of drug-likeness (QED) is 0.188. The van der Waals surface area contributed by atoms with Gasteiger partial charge in [0.2, 0.25) is 0 Å². The van der Waals surface area contributed by atoms with Gasteiger partial charge in [-0.05, 0) is 59.7 Å². The zero-order chi connectivity index (χ0) is 33.0. The Hall–Kier alpha value is -6.78. The lowest BCUT2D eigenvalue weighted by Crippen LogP contribution is -1.99. The maximum Gasteiger partial charge on any atom is 0.162 e. The van der Waals surface area contributed by atoms with Crippen LogP contribution in [-0.4, -0.2) is 19.1 Å². The van der Waals surface area contributed by atoms with Gasteiger partial charge < -0.3 is 4.57 Å². The zero-order valence-corrected chi connectivity index (χ0v) is 27.1. The largest absolute Gasteiger partial charge is 0.309 e. The van der Waals surface area contributed by atoms with Gasteiger partial charge in [0.15, 0.2) is 5.82 Å². The molecular weight excluding hydrogens is 609 g/mol. The number of hydrogen-bond acceptors (Lipinski definition) is 2. The lowest BCUT2D eigenvalue weighted by atomic mass is 10.0. The number of benzene rings is 7. The molecule has 10 aromatic rings. The molecule has 0 aliphatic heterocycles. The third-order valence-corrected chi connectivity index (χ3v) is 9.72. The van der Waals surface area contributed by atoms with Crippen molar-refractivity contribution in [1.29, 1.82) is 0 Å². The standard InChI is InChI=1S/C46H30N4/c1-4-15-31(16-5-1)44-43-39-30-34(33-19-14-22-36(29-33)49-40-25-12-10-23-37(40)38-24-11-13-26-41(38)49)27-28-42(39)50(35-20-8-3-9-21-35)46(43)48-45(47-44)32-17-6-2-7-18-32/h1-30H. The summed E-state index contributed by atoms with van der Waals surface area (Å²) in [5.74, 6) is 0.705. The van der Waals surface area contributed by atoms with Gasteiger partial charge in [-0.3, -0.25) is 4.57 Å².